The van der Waals surface area contributed by atoms with E-state index in [1.54, 1.807) is 0 Å². The summed E-state index contributed by atoms with van der Waals surface area (Å²) in [4.78, 5) is 96.5. The van der Waals surface area contributed by atoms with Crippen molar-refractivity contribution < 1.29 is 111 Å². The molecule has 27 heteroatoms. The van der Waals surface area contributed by atoms with Gasteiger partial charge < -0.3 is 84.5 Å². The number of carbonyl (C=O) groups is 4. The van der Waals surface area contributed by atoms with Gasteiger partial charge in [0.25, 0.3) is 0 Å². The van der Waals surface area contributed by atoms with Gasteiger partial charge in [-0.1, -0.05) is 259 Å². The summed E-state index contributed by atoms with van der Waals surface area (Å²) < 4.78 is 65.3. The fraction of sp³-hybridized carbons (Fsp3) is 0.941. The number of esters is 2. The number of phosphoric acid groups is 2. The second-order valence-corrected chi connectivity index (χ2v) is 29.1. The van der Waals surface area contributed by atoms with Gasteiger partial charge in [-0.3, -0.25) is 28.2 Å². The molecule has 0 aromatic carbocycles. The minimum absolute atomic E-state index is 0.196. The number of aliphatic hydroxyl groups excluding tert-OH is 6. The second kappa shape index (κ2) is 53.6. The summed E-state index contributed by atoms with van der Waals surface area (Å²) in [6.07, 6.45) is 13.8. The average molecular weight is 1410 g/mol. The lowest BCUT2D eigenvalue weighted by molar-refractivity contribution is -0.296. The molecule has 95 heavy (non-hydrogen) atoms. The summed E-state index contributed by atoms with van der Waals surface area (Å²) in [7, 11) is -11.2. The van der Waals surface area contributed by atoms with E-state index in [0.717, 1.165) is 154 Å². The zero-order valence-corrected chi connectivity index (χ0v) is 60.1. The van der Waals surface area contributed by atoms with Gasteiger partial charge in [-0.15, -0.1) is 0 Å². The van der Waals surface area contributed by atoms with Crippen molar-refractivity contribution in [1.29, 1.82) is 0 Å². The van der Waals surface area contributed by atoms with Crippen LogP contribution in [-0.2, 0) is 61.0 Å². The number of hydrogen-bond donors (Lipinski definition) is 12. The topological polar surface area (TPSA) is 393 Å². The molecule has 2 heterocycles. The summed E-state index contributed by atoms with van der Waals surface area (Å²) in [5.41, 5.74) is 0. The van der Waals surface area contributed by atoms with Crippen molar-refractivity contribution in [3.8, 4) is 0 Å². The van der Waals surface area contributed by atoms with Crippen LogP contribution in [0.15, 0.2) is 0 Å². The molecule has 0 aromatic heterocycles. The molecule has 14 atom stereocenters. The van der Waals surface area contributed by atoms with E-state index in [-0.39, 0.29) is 25.7 Å². The Bertz CT molecular complexity index is 2080. The third-order valence-corrected chi connectivity index (χ3v) is 18.8. The first-order valence-electron chi connectivity index (χ1n) is 36.8. The Morgan fingerprint density at radius 1 is 0.400 bits per heavy atom. The Kier molecular flexibility index (Phi) is 50.1. The average Bonchev–Trinajstić information content (AvgIpc) is 0.817. The lowest BCUT2D eigenvalue weighted by atomic mass is 9.95. The van der Waals surface area contributed by atoms with E-state index in [9.17, 15) is 78.5 Å². The molecular formula is C68H130N2O23P2. The van der Waals surface area contributed by atoms with E-state index in [1.807, 2.05) is 0 Å². The SMILES string of the molecule is CCCCCCCCCCCC(O)CC(=O)NC1C(OC(=O)CC(O)CCCCCCCCCCC)[C@H](O)C(CO[C@@H]2OC(CO)[C@@H](OP(=O)(O)O)C(OC(=O)CC(O)CCCCCCCCCCC)C2NC(=O)CC(O)CCCCCCCCCCC)O[C@@H]1OP(=O)(O)O. The van der Waals surface area contributed by atoms with E-state index in [2.05, 4.69) is 38.3 Å². The smallest absolute Gasteiger partial charge is 0.457 e. The highest BCUT2D eigenvalue weighted by Gasteiger charge is 2.55. The van der Waals surface area contributed by atoms with Crippen molar-refractivity contribution >= 4 is 39.4 Å². The lowest BCUT2D eigenvalue weighted by Crippen LogP contribution is -2.68. The monoisotopic (exact) mass is 1400 g/mol. The van der Waals surface area contributed by atoms with E-state index < -0.39 is 164 Å². The standard InChI is InChI=1S/C68H130N2O23P2/c1-5-9-13-17-21-25-29-33-37-41-51(72)45-57(76)69-61-65(90-59(78)47-53(74)43-39-35-31-27-23-19-15-11-7-3)63(80)56(89-68(61)93-95(84,85)86)50-87-67-62(70-58(77)46-52(73)42-38-34-30-26-22-18-14-10-6-2)66(64(55(49-71)88-67)92-94(81,82)83)91-60(79)48-54(75)44-40-36-32-28-24-20-16-12-8-4/h51-56,61-68,71-75,80H,5-50H2,1-4H3,(H,69,76)(H,70,77)(H2,81,82,83)(H2,84,85,86)/t51?,52?,53?,54?,55?,56?,61?,62?,63-,64-,65?,66?,67-,68-/m1/s1. The highest BCUT2D eigenvalue weighted by Crippen LogP contribution is 2.44. The first-order chi connectivity index (χ1) is 45.4. The first kappa shape index (κ1) is 88.8. The van der Waals surface area contributed by atoms with Crippen molar-refractivity contribution in [2.24, 2.45) is 0 Å². The van der Waals surface area contributed by atoms with Gasteiger partial charge in [0, 0.05) is 0 Å². The Morgan fingerprint density at radius 2 is 0.695 bits per heavy atom. The number of unbranched alkanes of at least 4 members (excludes halogenated alkanes) is 32. The Hall–Kier alpha value is -2.26. The van der Waals surface area contributed by atoms with E-state index >= 15 is 0 Å². The maximum Gasteiger partial charge on any atom is 0.472 e. The van der Waals surface area contributed by atoms with Crippen LogP contribution in [0.25, 0.3) is 0 Å². The molecule has 2 rings (SSSR count). The molecule has 560 valence electrons. The maximum atomic E-state index is 14.1. The first-order valence-corrected chi connectivity index (χ1v) is 39.9. The van der Waals surface area contributed by atoms with E-state index in [4.69, 9.17) is 32.7 Å². The van der Waals surface area contributed by atoms with E-state index in [1.165, 1.54) is 51.4 Å². The largest absolute Gasteiger partial charge is 0.472 e. The van der Waals surface area contributed by atoms with Crippen molar-refractivity contribution in [1.82, 2.24) is 10.6 Å². The van der Waals surface area contributed by atoms with Crippen molar-refractivity contribution in [2.45, 2.75) is 396 Å². The van der Waals surface area contributed by atoms with E-state index in [0.29, 0.717) is 25.7 Å². The van der Waals surface area contributed by atoms with Crippen LogP contribution >= 0.6 is 15.6 Å². The molecule has 0 bridgehead atoms. The number of phosphoric ester groups is 2. The number of nitrogens with one attached hydrogen (secondary N) is 2. The Labute approximate surface area is 568 Å². The number of hydrogen-bond acceptors (Lipinski definition) is 19. The molecule has 0 aliphatic carbocycles. The predicted octanol–water partition coefficient (Wildman–Crippen LogP) is 10.9. The van der Waals surface area contributed by atoms with Crippen molar-refractivity contribution in [2.75, 3.05) is 13.2 Å². The highest BCUT2D eigenvalue weighted by molar-refractivity contribution is 7.46. The molecule has 0 spiro atoms. The second-order valence-electron chi connectivity index (χ2n) is 26.7. The third-order valence-electron chi connectivity index (χ3n) is 17.8. The number of amides is 2. The summed E-state index contributed by atoms with van der Waals surface area (Å²) in [5.74, 6) is -4.01. The van der Waals surface area contributed by atoms with Gasteiger partial charge in [0.2, 0.25) is 11.8 Å². The van der Waals surface area contributed by atoms with Crippen LogP contribution in [0.2, 0.25) is 0 Å². The fourth-order valence-corrected chi connectivity index (χ4v) is 13.4. The van der Waals surface area contributed by atoms with Gasteiger partial charge in [0.05, 0.1) is 63.3 Å². The Balaban J connectivity index is 2.55. The normalized spacial score (nSPS) is 23.0. The fourth-order valence-electron chi connectivity index (χ4n) is 12.4. The van der Waals surface area contributed by atoms with Crippen molar-refractivity contribution in [3.05, 3.63) is 0 Å². The molecule has 10 unspecified atom stereocenters. The molecule has 0 radical (unpaired) electrons. The minimum Gasteiger partial charge on any atom is -0.457 e. The number of carbonyl (C=O) groups excluding carboxylic acids is 4. The number of rotatable bonds is 60. The van der Waals surface area contributed by atoms with Crippen LogP contribution in [0.3, 0.4) is 0 Å². The van der Waals surface area contributed by atoms with Crippen LogP contribution in [0.4, 0.5) is 0 Å². The Morgan fingerprint density at radius 3 is 1.02 bits per heavy atom. The maximum absolute atomic E-state index is 14.1. The summed E-state index contributed by atoms with van der Waals surface area (Å²) in [6.45, 7) is 6.55. The van der Waals surface area contributed by atoms with Gasteiger partial charge >= 0.3 is 27.6 Å². The van der Waals surface area contributed by atoms with Crippen LogP contribution in [0.5, 0.6) is 0 Å². The van der Waals surface area contributed by atoms with Gasteiger partial charge in [-0.2, -0.15) is 0 Å². The summed E-state index contributed by atoms with van der Waals surface area (Å²) in [5, 5.41) is 72.2. The molecule has 12 N–H and O–H groups in total. The van der Waals surface area contributed by atoms with Gasteiger partial charge in [-0.05, 0) is 25.7 Å². The molecule has 2 saturated heterocycles. The van der Waals surface area contributed by atoms with Crippen LogP contribution in [0.1, 0.15) is 310 Å². The zero-order chi connectivity index (χ0) is 70.3. The number of ether oxygens (including phenoxy) is 5. The van der Waals surface area contributed by atoms with Crippen molar-refractivity contribution in [3.63, 3.8) is 0 Å². The highest BCUT2D eigenvalue weighted by atomic mass is 31.2. The molecular weight excluding hydrogens is 1270 g/mol. The van der Waals surface area contributed by atoms with Crippen LogP contribution in [-0.4, -0.2) is 173 Å². The quantitative estimate of drug-likeness (QED) is 0.0153. The molecule has 2 aliphatic heterocycles. The number of aliphatic hydroxyl groups is 6. The molecule has 2 amide bonds. The van der Waals surface area contributed by atoms with Gasteiger partial charge in [0.1, 0.15) is 36.5 Å². The molecule has 0 saturated carbocycles. The summed E-state index contributed by atoms with van der Waals surface area (Å²) in [6, 6.07) is -3.75. The van der Waals surface area contributed by atoms with Gasteiger partial charge in [0.15, 0.2) is 24.8 Å². The molecule has 25 nitrogen and oxygen atoms in total. The van der Waals surface area contributed by atoms with Gasteiger partial charge in [-0.25, -0.2) is 9.13 Å². The lowest BCUT2D eigenvalue weighted by Gasteiger charge is -2.47. The van der Waals surface area contributed by atoms with Crippen LogP contribution in [0, 0.1) is 0 Å². The molecule has 2 fully saturated rings. The third kappa shape index (κ3) is 43.2. The summed E-state index contributed by atoms with van der Waals surface area (Å²) >= 11 is 0. The molecule has 2 aliphatic rings. The minimum atomic E-state index is -5.61. The van der Waals surface area contributed by atoms with Crippen LogP contribution < -0.4 is 10.6 Å². The predicted molar refractivity (Wildman–Crippen MR) is 360 cm³/mol. The zero-order valence-electron chi connectivity index (χ0n) is 58.3. The molecule has 0 aromatic rings.